The minimum Gasteiger partial charge on any atom is -0.493 e. The van der Waals surface area contributed by atoms with Crippen molar-refractivity contribution in [3.8, 4) is 11.5 Å². The van der Waals surface area contributed by atoms with E-state index in [2.05, 4.69) is 0 Å². The van der Waals surface area contributed by atoms with Crippen LogP contribution in [-0.4, -0.2) is 38.6 Å². The lowest BCUT2D eigenvalue weighted by Gasteiger charge is -2.24. The van der Waals surface area contributed by atoms with E-state index < -0.39 is 10.1 Å². The summed E-state index contributed by atoms with van der Waals surface area (Å²) in [5.74, 6) is 0.755. The van der Waals surface area contributed by atoms with Crippen molar-refractivity contribution in [1.82, 2.24) is 4.90 Å². The number of carbonyl (C=O) groups is 1. The van der Waals surface area contributed by atoms with Crippen LogP contribution in [0.5, 0.6) is 11.5 Å². The lowest BCUT2D eigenvalue weighted by Crippen LogP contribution is -2.33. The summed E-state index contributed by atoms with van der Waals surface area (Å²) in [5.41, 5.74) is 0.791. The molecule has 1 aromatic carbocycles. The molecule has 1 amide bonds. The van der Waals surface area contributed by atoms with Gasteiger partial charge in [0.25, 0.3) is 0 Å². The zero-order valence-corrected chi connectivity index (χ0v) is 15.9. The molecule has 0 atom stereocenters. The number of hydrogen-bond donors (Lipinski definition) is 0. The highest BCUT2D eigenvalue weighted by atomic mass is 32.2. The van der Waals surface area contributed by atoms with Gasteiger partial charge in [-0.1, -0.05) is 26.8 Å². The van der Waals surface area contributed by atoms with Gasteiger partial charge in [-0.15, -0.1) is 0 Å². The monoisotopic (exact) mass is 357 g/mol. The second-order valence-corrected chi connectivity index (χ2v) is 7.80. The van der Waals surface area contributed by atoms with Crippen LogP contribution in [0.15, 0.2) is 18.2 Å². The van der Waals surface area contributed by atoms with Crippen molar-refractivity contribution in [3.05, 3.63) is 23.8 Å². The number of nitrogens with zero attached hydrogens (tertiary/aromatic N) is 1. The molecule has 0 radical (unpaired) electrons. The smallest absolute Gasteiger partial charge is 0.309 e. The third-order valence-corrected chi connectivity index (χ3v) is 4.55. The first kappa shape index (κ1) is 20.3. The van der Waals surface area contributed by atoms with E-state index >= 15 is 0 Å². The quantitative estimate of drug-likeness (QED) is 0.636. The van der Waals surface area contributed by atoms with Crippen molar-refractivity contribution >= 4 is 16.0 Å². The second kappa shape index (κ2) is 8.92. The second-order valence-electron chi connectivity index (χ2n) is 5.94. The summed E-state index contributed by atoms with van der Waals surface area (Å²) in [7, 11) is -2.20. The predicted molar refractivity (Wildman–Crippen MR) is 93.6 cm³/mol. The largest absolute Gasteiger partial charge is 0.493 e. The molecule has 7 heteroatoms. The summed E-state index contributed by atoms with van der Waals surface area (Å²) in [4.78, 5) is 13.9. The highest BCUT2D eigenvalue weighted by molar-refractivity contribution is 7.87. The minimum absolute atomic E-state index is 0.0585. The van der Waals surface area contributed by atoms with Gasteiger partial charge >= 0.3 is 10.1 Å². The Kier molecular flexibility index (Phi) is 7.54. The SMILES string of the molecule is CCC(=O)N(Cc1ccc(OC)c(OS(=O)(=O)CC)c1)CC(C)C. The van der Waals surface area contributed by atoms with Gasteiger partial charge in [0, 0.05) is 19.5 Å². The first-order valence-corrected chi connectivity index (χ1v) is 9.67. The van der Waals surface area contributed by atoms with E-state index in [-0.39, 0.29) is 17.4 Å². The summed E-state index contributed by atoms with van der Waals surface area (Å²) in [6.45, 7) is 8.47. The fraction of sp³-hybridized carbons (Fsp3) is 0.588. The Balaban J connectivity index is 3.09. The summed E-state index contributed by atoms with van der Waals surface area (Å²) in [6.07, 6.45) is 0.427. The third kappa shape index (κ3) is 6.03. The molecular weight excluding hydrogens is 330 g/mol. The van der Waals surface area contributed by atoms with E-state index in [1.165, 1.54) is 14.0 Å². The van der Waals surface area contributed by atoms with Crippen molar-refractivity contribution in [2.24, 2.45) is 5.92 Å². The van der Waals surface area contributed by atoms with Crippen LogP contribution in [0.25, 0.3) is 0 Å². The standard InChI is InChI=1S/C17H27NO5S/c1-6-17(19)18(11-13(3)4)12-14-8-9-15(22-5)16(10-14)23-24(20,21)7-2/h8-10,13H,6-7,11-12H2,1-5H3. The minimum atomic E-state index is -3.65. The molecular formula is C17H27NO5S. The Morgan fingerprint density at radius 2 is 1.88 bits per heavy atom. The van der Waals surface area contributed by atoms with Crippen LogP contribution in [-0.2, 0) is 21.5 Å². The van der Waals surface area contributed by atoms with Crippen molar-refractivity contribution < 1.29 is 22.1 Å². The maximum atomic E-state index is 12.1. The molecule has 0 aliphatic rings. The van der Waals surface area contributed by atoms with Crippen LogP contribution in [0.3, 0.4) is 0 Å². The normalized spacial score (nSPS) is 11.4. The topological polar surface area (TPSA) is 72.9 Å². The van der Waals surface area contributed by atoms with Crippen molar-refractivity contribution in [1.29, 1.82) is 0 Å². The number of methoxy groups -OCH3 is 1. The van der Waals surface area contributed by atoms with E-state index in [9.17, 15) is 13.2 Å². The van der Waals surface area contributed by atoms with Gasteiger partial charge in [0.2, 0.25) is 5.91 Å². The van der Waals surface area contributed by atoms with Gasteiger partial charge in [0.15, 0.2) is 11.5 Å². The number of carbonyl (C=O) groups excluding carboxylic acids is 1. The maximum absolute atomic E-state index is 12.1. The van der Waals surface area contributed by atoms with Crippen LogP contribution < -0.4 is 8.92 Å². The van der Waals surface area contributed by atoms with Crippen LogP contribution in [0.1, 0.15) is 39.7 Å². The average molecular weight is 357 g/mol. The van der Waals surface area contributed by atoms with E-state index in [4.69, 9.17) is 8.92 Å². The Morgan fingerprint density at radius 1 is 1.21 bits per heavy atom. The number of amides is 1. The van der Waals surface area contributed by atoms with E-state index in [0.29, 0.717) is 31.2 Å². The first-order valence-electron chi connectivity index (χ1n) is 8.09. The Hall–Kier alpha value is -1.76. The number of hydrogen-bond acceptors (Lipinski definition) is 5. The molecule has 0 bridgehead atoms. The van der Waals surface area contributed by atoms with Gasteiger partial charge in [0.1, 0.15) is 0 Å². The van der Waals surface area contributed by atoms with Crippen molar-refractivity contribution in [3.63, 3.8) is 0 Å². The Bertz CT molecular complexity index is 655. The molecule has 0 saturated heterocycles. The maximum Gasteiger partial charge on any atom is 0.309 e. The average Bonchev–Trinajstić information content (AvgIpc) is 2.53. The Labute approximate surface area is 144 Å². The summed E-state index contributed by atoms with van der Waals surface area (Å²) in [6, 6.07) is 5.07. The van der Waals surface area contributed by atoms with Crippen molar-refractivity contribution in [2.45, 2.75) is 40.7 Å². The molecule has 24 heavy (non-hydrogen) atoms. The highest BCUT2D eigenvalue weighted by Gasteiger charge is 2.17. The highest BCUT2D eigenvalue weighted by Crippen LogP contribution is 2.30. The van der Waals surface area contributed by atoms with Crippen LogP contribution in [0.2, 0.25) is 0 Å². The molecule has 1 rings (SSSR count). The van der Waals surface area contributed by atoms with Crippen LogP contribution in [0, 0.1) is 5.92 Å². The van der Waals surface area contributed by atoms with Gasteiger partial charge in [-0.05, 0) is 30.5 Å². The zero-order valence-electron chi connectivity index (χ0n) is 15.0. The molecule has 136 valence electrons. The van der Waals surface area contributed by atoms with Gasteiger partial charge in [-0.3, -0.25) is 4.79 Å². The summed E-state index contributed by atoms with van der Waals surface area (Å²) in [5, 5.41) is 0. The molecule has 0 aliphatic heterocycles. The molecule has 0 aromatic heterocycles. The molecule has 6 nitrogen and oxygen atoms in total. The number of rotatable bonds is 9. The van der Waals surface area contributed by atoms with Gasteiger partial charge in [-0.25, -0.2) is 0 Å². The Morgan fingerprint density at radius 3 is 2.38 bits per heavy atom. The molecule has 0 fully saturated rings. The van der Waals surface area contributed by atoms with Crippen molar-refractivity contribution in [2.75, 3.05) is 19.4 Å². The van der Waals surface area contributed by atoms with Gasteiger partial charge in [-0.2, -0.15) is 8.42 Å². The number of benzene rings is 1. The molecule has 0 heterocycles. The zero-order chi connectivity index (χ0) is 18.3. The molecule has 0 aliphatic carbocycles. The fourth-order valence-corrected chi connectivity index (χ4v) is 2.74. The predicted octanol–water partition coefficient (Wildman–Crippen LogP) is 2.82. The molecule has 0 spiro atoms. The lowest BCUT2D eigenvalue weighted by molar-refractivity contribution is -0.132. The molecule has 0 unspecified atom stereocenters. The molecule has 0 saturated carbocycles. The van der Waals surface area contributed by atoms with Gasteiger partial charge in [0.05, 0.1) is 12.9 Å². The summed E-state index contributed by atoms with van der Waals surface area (Å²) >= 11 is 0. The van der Waals surface area contributed by atoms with Crippen LogP contribution in [0.4, 0.5) is 0 Å². The lowest BCUT2D eigenvalue weighted by atomic mass is 10.1. The summed E-state index contributed by atoms with van der Waals surface area (Å²) < 4.78 is 33.7. The number of ether oxygens (including phenoxy) is 1. The fourth-order valence-electron chi connectivity index (χ4n) is 2.22. The van der Waals surface area contributed by atoms with E-state index in [0.717, 1.165) is 5.56 Å². The first-order chi connectivity index (χ1) is 11.2. The van der Waals surface area contributed by atoms with Crippen LogP contribution >= 0.6 is 0 Å². The molecule has 0 N–H and O–H groups in total. The van der Waals surface area contributed by atoms with E-state index in [1.807, 2.05) is 20.8 Å². The molecule has 1 aromatic rings. The van der Waals surface area contributed by atoms with Gasteiger partial charge < -0.3 is 13.8 Å². The third-order valence-electron chi connectivity index (χ3n) is 3.41. The van der Waals surface area contributed by atoms with E-state index in [1.54, 1.807) is 23.1 Å².